The lowest BCUT2D eigenvalue weighted by molar-refractivity contribution is -0.126. The molecule has 3 rings (SSSR count). The highest BCUT2D eigenvalue weighted by Crippen LogP contribution is 2.25. The van der Waals surface area contributed by atoms with Crippen molar-refractivity contribution in [1.29, 1.82) is 0 Å². The van der Waals surface area contributed by atoms with Crippen LogP contribution in [0.2, 0.25) is 0 Å². The minimum atomic E-state index is -3.74. The first-order valence-corrected chi connectivity index (χ1v) is 9.99. The molecule has 0 aliphatic carbocycles. The molecule has 0 bridgehead atoms. The van der Waals surface area contributed by atoms with E-state index in [0.717, 1.165) is 0 Å². The Morgan fingerprint density at radius 2 is 2.04 bits per heavy atom. The second-order valence-electron chi connectivity index (χ2n) is 6.51. The molecule has 2 aromatic heterocycles. The van der Waals surface area contributed by atoms with E-state index in [0.29, 0.717) is 25.1 Å². The number of nitrogens with one attached hydrogen (secondary N) is 1. The van der Waals surface area contributed by atoms with Crippen molar-refractivity contribution in [3.05, 3.63) is 42.1 Å². The summed E-state index contributed by atoms with van der Waals surface area (Å²) in [4.78, 5) is 23.6. The Hall–Kier alpha value is -2.59. The first-order valence-electron chi connectivity index (χ1n) is 8.55. The molecule has 27 heavy (non-hydrogen) atoms. The number of aromatic nitrogens is 1. The summed E-state index contributed by atoms with van der Waals surface area (Å²) in [5.74, 6) is -0.383. The summed E-state index contributed by atoms with van der Waals surface area (Å²) in [5, 5.41) is 2.81. The molecule has 1 aliphatic heterocycles. The van der Waals surface area contributed by atoms with Gasteiger partial charge in [-0.05, 0) is 31.0 Å². The fraction of sp³-hybridized carbons (Fsp3) is 0.412. The Labute approximate surface area is 157 Å². The summed E-state index contributed by atoms with van der Waals surface area (Å²) in [6.07, 6.45) is 3.77. The van der Waals surface area contributed by atoms with Gasteiger partial charge in [-0.3, -0.25) is 9.59 Å². The Morgan fingerprint density at radius 1 is 1.33 bits per heavy atom. The van der Waals surface area contributed by atoms with E-state index in [1.807, 2.05) is 0 Å². The topological polar surface area (TPSA) is 128 Å². The van der Waals surface area contributed by atoms with Crippen LogP contribution in [0.25, 0.3) is 0 Å². The standard InChI is InChI=1S/C17H22N4O5S/c1-20-11-14(9-15(20)16(18)22)27(24,25)21-6-4-12(5-7-21)17(23)19-10-13-3-2-8-26-13/h2-3,8-9,11-12H,4-7,10H2,1H3,(H2,18,22)(H,19,23). The maximum atomic E-state index is 12.8. The summed E-state index contributed by atoms with van der Waals surface area (Å²) < 4.78 is 33.5. The van der Waals surface area contributed by atoms with Crippen LogP contribution < -0.4 is 11.1 Å². The third kappa shape index (κ3) is 4.06. The lowest BCUT2D eigenvalue weighted by Crippen LogP contribution is -2.42. The van der Waals surface area contributed by atoms with Crippen molar-refractivity contribution in [1.82, 2.24) is 14.2 Å². The van der Waals surface area contributed by atoms with E-state index in [1.54, 1.807) is 19.2 Å². The van der Waals surface area contributed by atoms with Crippen molar-refractivity contribution in [3.63, 3.8) is 0 Å². The number of furan rings is 1. The van der Waals surface area contributed by atoms with Crippen molar-refractivity contribution in [3.8, 4) is 0 Å². The molecule has 1 saturated heterocycles. The van der Waals surface area contributed by atoms with Crippen LogP contribution in [-0.4, -0.2) is 42.2 Å². The van der Waals surface area contributed by atoms with Crippen LogP contribution in [0.5, 0.6) is 0 Å². The van der Waals surface area contributed by atoms with Gasteiger partial charge in [0.1, 0.15) is 16.3 Å². The molecule has 9 nitrogen and oxygen atoms in total. The molecule has 3 N–H and O–H groups in total. The smallest absolute Gasteiger partial charge is 0.265 e. The molecule has 0 unspecified atom stereocenters. The molecular formula is C17H22N4O5S. The van der Waals surface area contributed by atoms with Gasteiger partial charge in [-0.15, -0.1) is 0 Å². The third-order valence-electron chi connectivity index (χ3n) is 4.71. The van der Waals surface area contributed by atoms with Crippen LogP contribution >= 0.6 is 0 Å². The van der Waals surface area contributed by atoms with E-state index in [9.17, 15) is 18.0 Å². The second-order valence-corrected chi connectivity index (χ2v) is 8.45. The van der Waals surface area contributed by atoms with Gasteiger partial charge in [0, 0.05) is 32.3 Å². The first kappa shape index (κ1) is 19.2. The minimum absolute atomic E-state index is 0.0273. The molecule has 0 atom stereocenters. The Morgan fingerprint density at radius 3 is 2.59 bits per heavy atom. The van der Waals surface area contributed by atoms with Gasteiger partial charge < -0.3 is 20.0 Å². The Kier molecular flexibility index (Phi) is 5.38. The highest BCUT2D eigenvalue weighted by molar-refractivity contribution is 7.89. The molecule has 2 aromatic rings. The van der Waals surface area contributed by atoms with Crippen LogP contribution in [0, 0.1) is 5.92 Å². The lowest BCUT2D eigenvalue weighted by atomic mass is 9.97. The zero-order chi connectivity index (χ0) is 19.6. The molecule has 2 amide bonds. The van der Waals surface area contributed by atoms with Crippen LogP contribution in [0.4, 0.5) is 0 Å². The van der Waals surface area contributed by atoms with Crippen LogP contribution in [-0.2, 0) is 28.4 Å². The number of primary amides is 1. The van der Waals surface area contributed by atoms with Gasteiger partial charge in [0.05, 0.1) is 12.8 Å². The van der Waals surface area contributed by atoms with Gasteiger partial charge in [-0.1, -0.05) is 0 Å². The first-order chi connectivity index (χ1) is 12.8. The predicted molar refractivity (Wildman–Crippen MR) is 96.0 cm³/mol. The molecule has 3 heterocycles. The summed E-state index contributed by atoms with van der Waals surface area (Å²) in [6.45, 7) is 0.786. The Bertz CT molecular complexity index is 925. The predicted octanol–water partition coefficient (Wildman–Crippen LogP) is 0.434. The zero-order valence-electron chi connectivity index (χ0n) is 14.9. The fourth-order valence-corrected chi connectivity index (χ4v) is 4.70. The Balaban J connectivity index is 1.60. The molecule has 146 valence electrons. The number of nitrogens with zero attached hydrogens (tertiary/aromatic N) is 2. The van der Waals surface area contributed by atoms with Crippen LogP contribution in [0.3, 0.4) is 0 Å². The SMILES string of the molecule is Cn1cc(S(=O)(=O)N2CCC(C(=O)NCc3ccco3)CC2)cc1C(N)=O. The lowest BCUT2D eigenvalue weighted by Gasteiger charge is -2.30. The van der Waals surface area contributed by atoms with Gasteiger partial charge in [-0.2, -0.15) is 4.31 Å². The highest BCUT2D eigenvalue weighted by Gasteiger charge is 2.33. The van der Waals surface area contributed by atoms with E-state index in [1.165, 1.54) is 27.4 Å². The van der Waals surface area contributed by atoms with E-state index in [2.05, 4.69) is 5.32 Å². The number of hydrogen-bond acceptors (Lipinski definition) is 5. The second kappa shape index (κ2) is 7.57. The number of sulfonamides is 1. The summed E-state index contributed by atoms with van der Waals surface area (Å²) >= 11 is 0. The molecule has 1 aliphatic rings. The van der Waals surface area contributed by atoms with Crippen molar-refractivity contribution in [2.45, 2.75) is 24.3 Å². The van der Waals surface area contributed by atoms with Crippen molar-refractivity contribution in [2.24, 2.45) is 18.7 Å². The number of carbonyl (C=O) groups excluding carboxylic acids is 2. The molecular weight excluding hydrogens is 372 g/mol. The molecule has 0 spiro atoms. The number of carbonyl (C=O) groups is 2. The quantitative estimate of drug-likeness (QED) is 0.734. The van der Waals surface area contributed by atoms with Gasteiger partial charge in [0.15, 0.2) is 0 Å². The fourth-order valence-electron chi connectivity index (χ4n) is 3.16. The monoisotopic (exact) mass is 394 g/mol. The molecule has 0 radical (unpaired) electrons. The molecule has 0 aromatic carbocycles. The average molecular weight is 394 g/mol. The molecule has 0 saturated carbocycles. The summed E-state index contributed by atoms with van der Waals surface area (Å²) in [7, 11) is -2.17. The van der Waals surface area contributed by atoms with Gasteiger partial charge >= 0.3 is 0 Å². The number of piperidine rings is 1. The van der Waals surface area contributed by atoms with E-state index < -0.39 is 15.9 Å². The van der Waals surface area contributed by atoms with Crippen molar-refractivity contribution >= 4 is 21.8 Å². The average Bonchev–Trinajstić information content (AvgIpc) is 3.29. The summed E-state index contributed by atoms with van der Waals surface area (Å²) in [5.41, 5.74) is 5.37. The largest absolute Gasteiger partial charge is 0.467 e. The van der Waals surface area contributed by atoms with Gasteiger partial charge in [0.2, 0.25) is 15.9 Å². The van der Waals surface area contributed by atoms with Gasteiger partial charge in [-0.25, -0.2) is 8.42 Å². The summed E-state index contributed by atoms with van der Waals surface area (Å²) in [6, 6.07) is 4.80. The third-order valence-corrected chi connectivity index (χ3v) is 6.58. The number of rotatable bonds is 6. The van der Waals surface area contributed by atoms with Gasteiger partial charge in [0.25, 0.3) is 5.91 Å². The van der Waals surface area contributed by atoms with Crippen molar-refractivity contribution in [2.75, 3.05) is 13.1 Å². The zero-order valence-corrected chi connectivity index (χ0v) is 15.7. The number of amides is 2. The maximum Gasteiger partial charge on any atom is 0.265 e. The molecule has 10 heteroatoms. The van der Waals surface area contributed by atoms with E-state index in [4.69, 9.17) is 10.2 Å². The highest BCUT2D eigenvalue weighted by atomic mass is 32.2. The van der Waals surface area contributed by atoms with Crippen LogP contribution in [0.1, 0.15) is 29.1 Å². The van der Waals surface area contributed by atoms with E-state index in [-0.39, 0.29) is 35.5 Å². The number of aryl methyl sites for hydroxylation is 1. The van der Waals surface area contributed by atoms with Crippen LogP contribution in [0.15, 0.2) is 40.0 Å². The normalized spacial score (nSPS) is 16.3. The minimum Gasteiger partial charge on any atom is -0.467 e. The number of nitrogens with two attached hydrogens (primary N) is 1. The molecule has 1 fully saturated rings. The maximum absolute atomic E-state index is 12.8. The van der Waals surface area contributed by atoms with Crippen molar-refractivity contribution < 1.29 is 22.4 Å². The van der Waals surface area contributed by atoms with E-state index >= 15 is 0 Å². The number of hydrogen-bond donors (Lipinski definition) is 2.